The zero-order valence-corrected chi connectivity index (χ0v) is 11.0. The summed E-state index contributed by atoms with van der Waals surface area (Å²) in [5.74, 6) is -1.01. The Morgan fingerprint density at radius 2 is 1.94 bits per heavy atom. The number of nitrogens with one attached hydrogen (secondary N) is 1. The van der Waals surface area contributed by atoms with Crippen molar-refractivity contribution >= 4 is 18.2 Å². The number of H-pyrrole nitrogens is 1. The van der Waals surface area contributed by atoms with E-state index in [-0.39, 0.29) is 10.2 Å². The van der Waals surface area contributed by atoms with Crippen molar-refractivity contribution in [3.8, 4) is 11.3 Å². The van der Waals surface area contributed by atoms with E-state index in [1.807, 2.05) is 26.0 Å². The summed E-state index contributed by atoms with van der Waals surface area (Å²) in [5.41, 5.74) is 4.27. The molecular formula is C14H13NO2S. The molecule has 92 valence electrons. The molecule has 4 heteroatoms. The molecule has 0 aliphatic heterocycles. The Morgan fingerprint density at radius 1 is 1.22 bits per heavy atom. The summed E-state index contributed by atoms with van der Waals surface area (Å²) in [6, 6.07) is 9.42. The van der Waals surface area contributed by atoms with E-state index in [0.29, 0.717) is 0 Å². The number of aromatic nitrogens is 1. The highest BCUT2D eigenvalue weighted by Gasteiger charge is 2.08. The molecule has 0 saturated carbocycles. The number of carboxylic acids is 1. The summed E-state index contributed by atoms with van der Waals surface area (Å²) < 4.78 is 0.251. The van der Waals surface area contributed by atoms with Crippen LogP contribution in [0.2, 0.25) is 0 Å². The summed E-state index contributed by atoms with van der Waals surface area (Å²) >= 11 is 5.06. The Labute approximate surface area is 110 Å². The second kappa shape index (κ2) is 4.74. The van der Waals surface area contributed by atoms with E-state index in [4.69, 9.17) is 17.3 Å². The van der Waals surface area contributed by atoms with E-state index in [1.165, 1.54) is 6.07 Å². The lowest BCUT2D eigenvalue weighted by atomic mass is 10.0. The van der Waals surface area contributed by atoms with Crippen LogP contribution in [0.1, 0.15) is 21.5 Å². The van der Waals surface area contributed by atoms with Crippen LogP contribution in [0.15, 0.2) is 30.3 Å². The van der Waals surface area contributed by atoms with Crippen molar-refractivity contribution in [2.75, 3.05) is 0 Å². The van der Waals surface area contributed by atoms with Crippen LogP contribution in [0.5, 0.6) is 0 Å². The van der Waals surface area contributed by atoms with Gasteiger partial charge in [-0.3, -0.25) is 0 Å². The number of pyridine rings is 1. The molecule has 0 bridgehead atoms. The van der Waals surface area contributed by atoms with E-state index >= 15 is 0 Å². The Kier molecular flexibility index (Phi) is 3.30. The van der Waals surface area contributed by atoms with Crippen molar-refractivity contribution in [2.45, 2.75) is 13.8 Å². The van der Waals surface area contributed by atoms with Crippen molar-refractivity contribution < 1.29 is 9.90 Å². The van der Waals surface area contributed by atoms with Crippen molar-refractivity contribution in [1.82, 2.24) is 4.98 Å². The van der Waals surface area contributed by atoms with Gasteiger partial charge in [-0.05, 0) is 37.6 Å². The monoisotopic (exact) mass is 259 g/mol. The average molecular weight is 259 g/mol. The van der Waals surface area contributed by atoms with Crippen LogP contribution in [0.25, 0.3) is 11.3 Å². The molecule has 0 atom stereocenters. The quantitative estimate of drug-likeness (QED) is 0.808. The lowest BCUT2D eigenvalue weighted by Gasteiger charge is -2.08. The topological polar surface area (TPSA) is 53.1 Å². The first-order chi connectivity index (χ1) is 8.49. The third-order valence-electron chi connectivity index (χ3n) is 2.82. The predicted molar refractivity (Wildman–Crippen MR) is 73.5 cm³/mol. The smallest absolute Gasteiger partial charge is 0.338 e. The summed E-state index contributed by atoms with van der Waals surface area (Å²) in [7, 11) is 0. The SMILES string of the molecule is Cc1ccc(C)c(-c2ccc(C(=O)O)c(=S)[nH]2)c1. The molecule has 2 aromatic rings. The number of rotatable bonds is 2. The number of carboxylic acid groups (broad SMARTS) is 1. The molecule has 0 aliphatic carbocycles. The lowest BCUT2D eigenvalue weighted by molar-refractivity contribution is 0.0696. The molecule has 0 spiro atoms. The molecule has 18 heavy (non-hydrogen) atoms. The molecule has 0 saturated heterocycles. The van der Waals surface area contributed by atoms with Crippen LogP contribution >= 0.6 is 12.2 Å². The molecule has 1 aromatic carbocycles. The molecule has 0 amide bonds. The summed E-state index contributed by atoms with van der Waals surface area (Å²) in [4.78, 5) is 13.9. The van der Waals surface area contributed by atoms with Crippen LogP contribution in [0.3, 0.4) is 0 Å². The van der Waals surface area contributed by atoms with Crippen LogP contribution in [-0.2, 0) is 0 Å². The predicted octanol–water partition coefficient (Wildman–Crippen LogP) is 3.73. The van der Waals surface area contributed by atoms with Crippen LogP contribution < -0.4 is 0 Å². The van der Waals surface area contributed by atoms with Crippen molar-refractivity contribution in [2.24, 2.45) is 0 Å². The normalized spacial score (nSPS) is 10.3. The Balaban J connectivity index is 2.59. The van der Waals surface area contributed by atoms with Gasteiger partial charge in [-0.25, -0.2) is 4.79 Å². The van der Waals surface area contributed by atoms with Gasteiger partial charge in [-0.2, -0.15) is 0 Å². The molecule has 1 heterocycles. The number of aryl methyl sites for hydroxylation is 2. The third-order valence-corrected chi connectivity index (χ3v) is 3.15. The van der Waals surface area contributed by atoms with Gasteiger partial charge >= 0.3 is 5.97 Å². The van der Waals surface area contributed by atoms with Gasteiger partial charge in [0.2, 0.25) is 0 Å². The highest BCUT2D eigenvalue weighted by Crippen LogP contribution is 2.23. The minimum absolute atomic E-state index is 0.124. The van der Waals surface area contributed by atoms with Crippen LogP contribution in [0.4, 0.5) is 0 Å². The summed E-state index contributed by atoms with van der Waals surface area (Å²) in [6.45, 7) is 4.03. The van der Waals surface area contributed by atoms with Gasteiger partial charge in [-0.1, -0.05) is 29.9 Å². The van der Waals surface area contributed by atoms with Crippen LogP contribution in [-0.4, -0.2) is 16.1 Å². The second-order valence-corrected chi connectivity index (χ2v) is 4.65. The standard InChI is InChI=1S/C14H13NO2S/c1-8-3-4-9(2)11(7-8)12-6-5-10(14(16)17)13(18)15-12/h3-7H,1-2H3,(H,15,18)(H,16,17). The fraction of sp³-hybridized carbons (Fsp3) is 0.143. The number of hydrogen-bond acceptors (Lipinski definition) is 2. The number of benzene rings is 1. The highest BCUT2D eigenvalue weighted by atomic mass is 32.1. The van der Waals surface area contributed by atoms with Gasteiger partial charge in [0.25, 0.3) is 0 Å². The zero-order chi connectivity index (χ0) is 13.3. The Bertz CT molecular complexity index is 674. The van der Waals surface area contributed by atoms with Crippen molar-refractivity contribution in [3.05, 3.63) is 51.7 Å². The van der Waals surface area contributed by atoms with Gasteiger partial charge < -0.3 is 10.1 Å². The number of aromatic amines is 1. The summed E-state index contributed by atoms with van der Waals surface area (Å²) in [5, 5.41) is 8.94. The Morgan fingerprint density at radius 3 is 2.56 bits per heavy atom. The molecule has 0 radical (unpaired) electrons. The number of hydrogen-bond donors (Lipinski definition) is 2. The molecule has 0 fully saturated rings. The fourth-order valence-corrected chi connectivity index (χ4v) is 2.09. The summed E-state index contributed by atoms with van der Waals surface area (Å²) in [6.07, 6.45) is 0. The number of carbonyl (C=O) groups is 1. The van der Waals surface area contributed by atoms with Gasteiger partial charge in [-0.15, -0.1) is 0 Å². The van der Waals surface area contributed by atoms with E-state index in [2.05, 4.69) is 11.1 Å². The van der Waals surface area contributed by atoms with Gasteiger partial charge in [0.1, 0.15) is 4.64 Å². The van der Waals surface area contributed by atoms with Gasteiger partial charge in [0, 0.05) is 11.3 Å². The van der Waals surface area contributed by atoms with E-state index in [9.17, 15) is 4.79 Å². The molecule has 2 N–H and O–H groups in total. The minimum atomic E-state index is -1.01. The maximum Gasteiger partial charge on any atom is 0.338 e. The highest BCUT2D eigenvalue weighted by molar-refractivity contribution is 7.71. The lowest BCUT2D eigenvalue weighted by Crippen LogP contribution is -1.99. The molecule has 2 rings (SSSR count). The second-order valence-electron chi connectivity index (χ2n) is 4.24. The average Bonchev–Trinajstić information content (AvgIpc) is 2.31. The third kappa shape index (κ3) is 2.33. The number of aromatic carboxylic acids is 1. The van der Waals surface area contributed by atoms with E-state index in [1.54, 1.807) is 6.07 Å². The first-order valence-corrected chi connectivity index (χ1v) is 5.94. The first-order valence-electron chi connectivity index (χ1n) is 5.53. The molecule has 1 aromatic heterocycles. The maximum absolute atomic E-state index is 10.9. The zero-order valence-electron chi connectivity index (χ0n) is 10.2. The largest absolute Gasteiger partial charge is 0.478 e. The molecule has 3 nitrogen and oxygen atoms in total. The maximum atomic E-state index is 10.9. The van der Waals surface area contributed by atoms with E-state index in [0.717, 1.165) is 22.4 Å². The van der Waals surface area contributed by atoms with E-state index < -0.39 is 5.97 Å². The van der Waals surface area contributed by atoms with Crippen molar-refractivity contribution in [1.29, 1.82) is 0 Å². The van der Waals surface area contributed by atoms with Gasteiger partial charge in [0.05, 0.1) is 5.56 Å². The fourth-order valence-electron chi connectivity index (χ4n) is 1.83. The van der Waals surface area contributed by atoms with Crippen LogP contribution in [0, 0.1) is 18.5 Å². The van der Waals surface area contributed by atoms with Gasteiger partial charge in [0.15, 0.2) is 0 Å². The van der Waals surface area contributed by atoms with Crippen molar-refractivity contribution in [3.63, 3.8) is 0 Å². The first kappa shape index (κ1) is 12.5. The molecule has 0 aliphatic rings. The molecule has 0 unspecified atom stereocenters. The Hall–Kier alpha value is -1.94. The minimum Gasteiger partial charge on any atom is -0.478 e. The molecular weight excluding hydrogens is 246 g/mol.